The summed E-state index contributed by atoms with van der Waals surface area (Å²) >= 11 is 1.55. The van der Waals surface area contributed by atoms with Crippen molar-refractivity contribution in [2.75, 3.05) is 12.3 Å². The van der Waals surface area contributed by atoms with Gasteiger partial charge in [-0.3, -0.25) is 5.32 Å². The zero-order valence-corrected chi connectivity index (χ0v) is 12.1. The quantitative estimate of drug-likeness (QED) is 0.563. The van der Waals surface area contributed by atoms with Gasteiger partial charge in [-0.25, -0.2) is 0 Å². The number of quaternary nitrogens is 1. The minimum absolute atomic E-state index is 0. The highest BCUT2D eigenvalue weighted by Crippen LogP contribution is 2.07. The van der Waals surface area contributed by atoms with E-state index >= 15 is 0 Å². The first-order valence-corrected chi connectivity index (χ1v) is 7.26. The molecule has 0 atom stereocenters. The van der Waals surface area contributed by atoms with Crippen LogP contribution in [0.3, 0.4) is 0 Å². The molecule has 3 N–H and O–H groups in total. The number of rotatable bonds is 3. The van der Waals surface area contributed by atoms with E-state index in [1.807, 2.05) is 5.32 Å². The number of thioether (sulfide) groups is 1. The summed E-state index contributed by atoms with van der Waals surface area (Å²) in [6.07, 6.45) is 0. The highest BCUT2D eigenvalue weighted by atomic mass is 79.9. The van der Waals surface area contributed by atoms with Gasteiger partial charge in [0.1, 0.15) is 0 Å². The van der Waals surface area contributed by atoms with Gasteiger partial charge in [0.25, 0.3) is 15.2 Å². The summed E-state index contributed by atoms with van der Waals surface area (Å²) in [6.45, 7) is 0.941. The predicted octanol–water partition coefficient (Wildman–Crippen LogP) is -3.45. The van der Waals surface area contributed by atoms with E-state index in [-0.39, 0.29) is 21.9 Å². The van der Waals surface area contributed by atoms with Gasteiger partial charge in [-0.2, -0.15) is 13.2 Å². The van der Waals surface area contributed by atoms with Gasteiger partial charge in [0, 0.05) is 0 Å². The lowest BCUT2D eigenvalue weighted by atomic mass is 10.4. The van der Waals surface area contributed by atoms with Gasteiger partial charge >= 0.3 is 0 Å². The third kappa shape index (κ3) is 3.98. The van der Waals surface area contributed by atoms with Crippen molar-refractivity contribution in [3.05, 3.63) is 30.3 Å². The second-order valence-corrected chi connectivity index (χ2v) is 5.98. The number of hydrazone groups is 1. The van der Waals surface area contributed by atoms with Crippen molar-refractivity contribution in [2.45, 2.75) is 4.90 Å². The van der Waals surface area contributed by atoms with E-state index < -0.39 is 10.0 Å². The molecular weight excluding hydrogens is 326 g/mol. The van der Waals surface area contributed by atoms with Crippen LogP contribution >= 0.6 is 11.8 Å². The zero-order valence-electron chi connectivity index (χ0n) is 8.84. The number of benzene rings is 1. The molecule has 8 heteroatoms. The fourth-order valence-corrected chi connectivity index (χ4v) is 2.93. The van der Waals surface area contributed by atoms with Gasteiger partial charge in [0.15, 0.2) is 0 Å². The first-order chi connectivity index (χ1) is 7.68. The van der Waals surface area contributed by atoms with Crippen LogP contribution in [0.1, 0.15) is 0 Å². The lowest BCUT2D eigenvalue weighted by Crippen LogP contribution is -3.00. The van der Waals surface area contributed by atoms with Gasteiger partial charge in [-0.1, -0.05) is 18.2 Å². The van der Waals surface area contributed by atoms with Crippen LogP contribution < -0.4 is 27.1 Å². The number of sulfonamides is 1. The van der Waals surface area contributed by atoms with Crippen molar-refractivity contribution in [3.63, 3.8) is 0 Å². The molecule has 1 aliphatic heterocycles. The van der Waals surface area contributed by atoms with E-state index in [4.69, 9.17) is 0 Å². The molecule has 5 nitrogen and oxygen atoms in total. The van der Waals surface area contributed by atoms with Gasteiger partial charge in [0.05, 0.1) is 17.2 Å². The molecule has 0 saturated carbocycles. The van der Waals surface area contributed by atoms with Crippen LogP contribution in [0.2, 0.25) is 0 Å². The number of hydrogen-bond acceptors (Lipinski definition) is 4. The molecule has 0 aliphatic carbocycles. The third-order valence-corrected chi connectivity index (χ3v) is 4.23. The molecule has 0 bridgehead atoms. The second kappa shape index (κ2) is 6.39. The first-order valence-electron chi connectivity index (χ1n) is 4.79. The number of amidine groups is 1. The average molecular weight is 338 g/mol. The average Bonchev–Trinajstić information content (AvgIpc) is 2.81. The number of nitrogens with two attached hydrogens (primary N) is 1. The smallest absolute Gasteiger partial charge is 0.278 e. The Bertz CT molecular complexity index is 482. The maximum atomic E-state index is 11.7. The summed E-state index contributed by atoms with van der Waals surface area (Å²) in [4.78, 5) is 2.45. The Morgan fingerprint density at radius 1 is 1.29 bits per heavy atom. The molecule has 0 spiro atoms. The van der Waals surface area contributed by atoms with Gasteiger partial charge in [0.2, 0.25) is 0 Å². The molecule has 0 aromatic heterocycles. The Labute approximate surface area is 115 Å². The molecule has 17 heavy (non-hydrogen) atoms. The Balaban J connectivity index is 0.00000144. The van der Waals surface area contributed by atoms with Crippen LogP contribution in [0.25, 0.3) is 0 Å². The topological polar surface area (TPSA) is 75.1 Å². The summed E-state index contributed by atoms with van der Waals surface area (Å²) in [5.41, 5.74) is 0. The number of hydrogen-bond donors (Lipinski definition) is 2. The van der Waals surface area contributed by atoms with Crippen LogP contribution in [0.5, 0.6) is 0 Å². The van der Waals surface area contributed by atoms with Gasteiger partial charge < -0.3 is 17.0 Å². The lowest BCUT2D eigenvalue weighted by Gasteiger charge is -2.02. The Kier molecular flexibility index (Phi) is 5.44. The van der Waals surface area contributed by atoms with Crippen molar-refractivity contribution in [1.29, 1.82) is 0 Å². The molecule has 1 saturated heterocycles. The predicted molar refractivity (Wildman–Crippen MR) is 63.4 cm³/mol. The van der Waals surface area contributed by atoms with Crippen molar-refractivity contribution >= 4 is 27.0 Å². The highest BCUT2D eigenvalue weighted by molar-refractivity contribution is 8.13. The zero-order chi connectivity index (χ0) is 11.4. The molecule has 1 aliphatic rings. The monoisotopic (exact) mass is 337 g/mol. The molecule has 0 radical (unpaired) electrons. The number of halogens is 1. The van der Waals surface area contributed by atoms with Crippen LogP contribution in [0, 0.1) is 0 Å². The van der Waals surface area contributed by atoms with Gasteiger partial charge in [-0.05, 0) is 23.9 Å². The Hall–Kier alpha value is -0.570. The fraction of sp³-hybridized carbons (Fsp3) is 0.222. The molecule has 1 aromatic rings. The van der Waals surface area contributed by atoms with E-state index in [0.29, 0.717) is 0 Å². The van der Waals surface area contributed by atoms with E-state index in [9.17, 15) is 8.42 Å². The minimum atomic E-state index is -3.52. The molecular formula is C9H12BrN3O2S2. The van der Waals surface area contributed by atoms with Crippen molar-refractivity contribution < 1.29 is 30.7 Å². The van der Waals surface area contributed by atoms with Crippen LogP contribution in [-0.4, -0.2) is 25.9 Å². The maximum absolute atomic E-state index is 11.7. The summed E-state index contributed by atoms with van der Waals surface area (Å²) < 4.78 is 23.5. The molecule has 0 unspecified atom stereocenters. The summed E-state index contributed by atoms with van der Waals surface area (Å²) in [6, 6.07) is 8.20. The largest absolute Gasteiger partial charge is 1.00 e. The van der Waals surface area contributed by atoms with E-state index in [1.54, 1.807) is 30.0 Å². The molecule has 2 rings (SSSR count). The lowest BCUT2D eigenvalue weighted by molar-refractivity contribution is -0.524. The van der Waals surface area contributed by atoms with Crippen molar-refractivity contribution in [1.82, 2.24) is 4.83 Å². The molecule has 0 amide bonds. The van der Waals surface area contributed by atoms with Crippen LogP contribution in [0.15, 0.2) is 40.3 Å². The summed E-state index contributed by atoms with van der Waals surface area (Å²) in [7, 11) is -3.52. The van der Waals surface area contributed by atoms with E-state index in [0.717, 1.165) is 17.5 Å². The summed E-state index contributed by atoms with van der Waals surface area (Å²) in [5, 5.41) is 6.51. The fourth-order valence-electron chi connectivity index (χ4n) is 1.24. The normalized spacial score (nSPS) is 17.8. The van der Waals surface area contributed by atoms with Crippen molar-refractivity contribution in [2.24, 2.45) is 5.10 Å². The van der Waals surface area contributed by atoms with E-state index in [2.05, 4.69) is 9.93 Å². The maximum Gasteiger partial charge on any atom is 0.278 e. The SMILES string of the molecule is O=S(=O)(N/N=C1/[NH2+]CCS1)c1ccccc1.[Br-]. The standard InChI is InChI=1S/C9H11N3O2S2.BrH/c13-16(14,8-4-2-1-3-5-8)12-11-9-10-6-7-15-9;/h1-5,12H,6-7H2,(H,10,11);1H. The van der Waals surface area contributed by atoms with Crippen molar-refractivity contribution in [3.8, 4) is 0 Å². The Morgan fingerprint density at radius 3 is 2.59 bits per heavy atom. The number of nitrogens with one attached hydrogen (secondary N) is 1. The summed E-state index contributed by atoms with van der Waals surface area (Å²) in [5.74, 6) is 0.964. The van der Waals surface area contributed by atoms with E-state index in [1.165, 1.54) is 12.1 Å². The van der Waals surface area contributed by atoms with Crippen LogP contribution in [0.4, 0.5) is 0 Å². The number of nitrogens with zero attached hydrogens (tertiary/aromatic N) is 1. The van der Waals surface area contributed by atoms with Gasteiger partial charge in [-0.15, -0.1) is 5.10 Å². The van der Waals surface area contributed by atoms with Crippen LogP contribution in [-0.2, 0) is 10.0 Å². The second-order valence-electron chi connectivity index (χ2n) is 3.20. The third-order valence-electron chi connectivity index (χ3n) is 2.02. The minimum Gasteiger partial charge on any atom is -1.00 e. The molecule has 1 fully saturated rings. The molecule has 94 valence electrons. The first kappa shape index (κ1) is 14.5. The Morgan fingerprint density at radius 2 is 2.00 bits per heavy atom. The highest BCUT2D eigenvalue weighted by Gasteiger charge is 2.16. The molecule has 1 aromatic carbocycles. The molecule has 1 heterocycles.